The summed E-state index contributed by atoms with van der Waals surface area (Å²) in [7, 11) is -3.11. The first-order valence-corrected chi connectivity index (χ1v) is 7.00. The average Bonchev–Trinajstić information content (AvgIpc) is 2.34. The van der Waals surface area contributed by atoms with Crippen LogP contribution in [0.3, 0.4) is 0 Å². The molecule has 0 N–H and O–H groups in total. The van der Waals surface area contributed by atoms with Crippen molar-refractivity contribution in [3.05, 3.63) is 29.3 Å². The van der Waals surface area contributed by atoms with Crippen LogP contribution < -0.4 is 5.30 Å². The van der Waals surface area contributed by atoms with Gasteiger partial charge in [0.25, 0.3) is 0 Å². The lowest BCUT2D eigenvalue weighted by molar-refractivity contribution is 0.0967. The number of benzene rings is 1. The smallest absolute Gasteiger partial charge is 0.305 e. The lowest BCUT2D eigenvalue weighted by atomic mass is 9.97. The Morgan fingerprint density at radius 1 is 1.44 bits per heavy atom. The molecule has 0 fully saturated rings. The van der Waals surface area contributed by atoms with Crippen molar-refractivity contribution >= 4 is 12.9 Å². The van der Waals surface area contributed by atoms with Crippen LogP contribution in [0.2, 0.25) is 0 Å². The maximum atomic E-state index is 12.6. The van der Waals surface area contributed by atoms with Gasteiger partial charge in [0, 0.05) is 0 Å². The van der Waals surface area contributed by atoms with Gasteiger partial charge in [-0.15, -0.1) is 0 Å². The van der Waals surface area contributed by atoms with E-state index in [9.17, 15) is 4.57 Å². The molecule has 0 saturated carbocycles. The topological polar surface area (TPSA) is 35.5 Å². The van der Waals surface area contributed by atoms with E-state index in [0.717, 1.165) is 16.4 Å². The fourth-order valence-electron chi connectivity index (χ4n) is 2.04. The SMILES string of the molecule is CCOP1(=O)OC(C)(C)c2ccc(C)cc21. The molecule has 1 aliphatic rings. The number of hydrogen-bond donors (Lipinski definition) is 0. The van der Waals surface area contributed by atoms with Gasteiger partial charge in [0.1, 0.15) is 0 Å². The molecule has 0 bridgehead atoms. The van der Waals surface area contributed by atoms with E-state index in [1.54, 1.807) is 0 Å². The molecule has 16 heavy (non-hydrogen) atoms. The molecule has 0 aliphatic carbocycles. The van der Waals surface area contributed by atoms with Gasteiger partial charge in [-0.1, -0.05) is 17.7 Å². The second-order valence-corrected chi connectivity index (χ2v) is 6.45. The normalized spacial score (nSPS) is 26.8. The predicted molar refractivity (Wildman–Crippen MR) is 64.2 cm³/mol. The Morgan fingerprint density at radius 3 is 2.75 bits per heavy atom. The van der Waals surface area contributed by atoms with E-state index in [2.05, 4.69) is 0 Å². The first kappa shape index (κ1) is 11.8. The molecule has 2 rings (SSSR count). The highest BCUT2D eigenvalue weighted by Gasteiger charge is 2.46. The molecule has 1 aliphatic heterocycles. The number of rotatable bonds is 2. The lowest BCUT2D eigenvalue weighted by Crippen LogP contribution is -2.16. The quantitative estimate of drug-likeness (QED) is 0.745. The van der Waals surface area contributed by atoms with Gasteiger partial charge in [-0.3, -0.25) is 9.09 Å². The number of hydrogen-bond acceptors (Lipinski definition) is 3. The van der Waals surface area contributed by atoms with Crippen molar-refractivity contribution in [1.29, 1.82) is 0 Å². The van der Waals surface area contributed by atoms with Crippen LogP contribution in [0.5, 0.6) is 0 Å². The van der Waals surface area contributed by atoms with E-state index in [0.29, 0.717) is 6.61 Å². The Labute approximate surface area is 96.3 Å². The zero-order valence-corrected chi connectivity index (χ0v) is 11.0. The summed E-state index contributed by atoms with van der Waals surface area (Å²) < 4.78 is 23.5. The van der Waals surface area contributed by atoms with Crippen LogP contribution >= 0.6 is 7.60 Å². The molecule has 0 aromatic heterocycles. The minimum absolute atomic E-state index is 0.390. The molecule has 1 atom stereocenters. The minimum Gasteiger partial charge on any atom is -0.305 e. The largest absolute Gasteiger partial charge is 0.362 e. The third-order valence-corrected chi connectivity index (χ3v) is 5.00. The molecule has 0 amide bonds. The van der Waals surface area contributed by atoms with E-state index < -0.39 is 13.2 Å². The highest BCUT2D eigenvalue weighted by molar-refractivity contribution is 7.62. The summed E-state index contributed by atoms with van der Waals surface area (Å²) >= 11 is 0. The third-order valence-electron chi connectivity index (χ3n) is 2.74. The molecule has 1 aromatic rings. The monoisotopic (exact) mass is 240 g/mol. The fraction of sp³-hybridized carbons (Fsp3) is 0.500. The number of fused-ring (bicyclic) bond motifs is 1. The van der Waals surface area contributed by atoms with Gasteiger partial charge >= 0.3 is 7.60 Å². The van der Waals surface area contributed by atoms with E-state index in [1.807, 2.05) is 45.9 Å². The van der Waals surface area contributed by atoms with Crippen molar-refractivity contribution in [2.45, 2.75) is 33.3 Å². The molecular formula is C12H17O3P. The summed E-state index contributed by atoms with van der Waals surface area (Å²) in [6.07, 6.45) is 0. The second kappa shape index (κ2) is 3.69. The van der Waals surface area contributed by atoms with Crippen molar-refractivity contribution in [2.24, 2.45) is 0 Å². The van der Waals surface area contributed by atoms with Crippen LogP contribution in [0.25, 0.3) is 0 Å². The van der Waals surface area contributed by atoms with Crippen LogP contribution in [-0.2, 0) is 19.2 Å². The molecule has 0 saturated heterocycles. The number of aryl methyl sites for hydroxylation is 1. The summed E-state index contributed by atoms with van der Waals surface area (Å²) in [4.78, 5) is 0. The van der Waals surface area contributed by atoms with Gasteiger partial charge in [0.05, 0.1) is 17.5 Å². The van der Waals surface area contributed by atoms with E-state index in [1.165, 1.54) is 0 Å². The summed E-state index contributed by atoms with van der Waals surface area (Å²) in [5, 5.41) is 0.722. The molecular weight excluding hydrogens is 223 g/mol. The van der Waals surface area contributed by atoms with Gasteiger partial charge in [-0.25, -0.2) is 0 Å². The van der Waals surface area contributed by atoms with Crippen LogP contribution in [0, 0.1) is 6.92 Å². The van der Waals surface area contributed by atoms with Gasteiger partial charge in [-0.05, 0) is 39.3 Å². The van der Waals surface area contributed by atoms with E-state index in [-0.39, 0.29) is 0 Å². The Kier molecular flexibility index (Phi) is 2.73. The van der Waals surface area contributed by atoms with Crippen LogP contribution in [0.15, 0.2) is 18.2 Å². The van der Waals surface area contributed by atoms with Gasteiger partial charge in [0.15, 0.2) is 0 Å². The van der Waals surface area contributed by atoms with Crippen LogP contribution in [-0.4, -0.2) is 6.61 Å². The van der Waals surface area contributed by atoms with Gasteiger partial charge in [0.2, 0.25) is 0 Å². The van der Waals surface area contributed by atoms with Gasteiger partial charge in [-0.2, -0.15) is 0 Å². The Balaban J connectivity index is 2.60. The molecule has 88 valence electrons. The Morgan fingerprint density at radius 2 is 2.12 bits per heavy atom. The minimum atomic E-state index is -3.11. The first-order chi connectivity index (χ1) is 7.39. The summed E-state index contributed by atoms with van der Waals surface area (Å²) in [5.74, 6) is 0. The van der Waals surface area contributed by atoms with E-state index in [4.69, 9.17) is 9.05 Å². The summed E-state index contributed by atoms with van der Waals surface area (Å²) in [6, 6.07) is 5.88. The highest BCUT2D eigenvalue weighted by atomic mass is 31.2. The van der Waals surface area contributed by atoms with Crippen molar-refractivity contribution in [3.8, 4) is 0 Å². The van der Waals surface area contributed by atoms with E-state index >= 15 is 0 Å². The Bertz CT molecular complexity index is 465. The summed E-state index contributed by atoms with van der Waals surface area (Å²) in [6.45, 7) is 8.02. The van der Waals surface area contributed by atoms with Crippen LogP contribution in [0.4, 0.5) is 0 Å². The molecule has 3 nitrogen and oxygen atoms in total. The van der Waals surface area contributed by atoms with Crippen molar-refractivity contribution in [1.82, 2.24) is 0 Å². The second-order valence-electron chi connectivity index (χ2n) is 4.54. The fourth-order valence-corrected chi connectivity index (χ4v) is 4.37. The van der Waals surface area contributed by atoms with Crippen molar-refractivity contribution in [3.63, 3.8) is 0 Å². The molecule has 1 aromatic carbocycles. The molecule has 1 heterocycles. The van der Waals surface area contributed by atoms with Crippen molar-refractivity contribution < 1.29 is 13.6 Å². The molecule has 4 heteroatoms. The Hall–Kier alpha value is -0.630. The first-order valence-electron chi connectivity index (χ1n) is 5.46. The zero-order valence-electron chi connectivity index (χ0n) is 10.1. The lowest BCUT2D eigenvalue weighted by Gasteiger charge is -2.19. The molecule has 0 spiro atoms. The van der Waals surface area contributed by atoms with Crippen LogP contribution in [0.1, 0.15) is 31.9 Å². The third kappa shape index (κ3) is 1.73. The zero-order chi connectivity index (χ0) is 12.0. The maximum absolute atomic E-state index is 12.6. The summed E-state index contributed by atoms with van der Waals surface area (Å²) in [5.41, 5.74) is 1.50. The average molecular weight is 240 g/mol. The molecule has 0 radical (unpaired) electrons. The predicted octanol–water partition coefficient (Wildman–Crippen LogP) is 3.12. The maximum Gasteiger partial charge on any atom is 0.362 e. The molecule has 1 unspecified atom stereocenters. The standard InChI is InChI=1S/C12H17O3P/c1-5-14-16(13)11-8-9(2)6-7-10(11)12(3,4)15-16/h6-8H,5H2,1-4H3. The highest BCUT2D eigenvalue weighted by Crippen LogP contribution is 2.59. The van der Waals surface area contributed by atoms with Crippen molar-refractivity contribution in [2.75, 3.05) is 6.61 Å². The van der Waals surface area contributed by atoms with Gasteiger partial charge < -0.3 is 4.52 Å².